The van der Waals surface area contributed by atoms with E-state index in [2.05, 4.69) is 10.4 Å². The summed E-state index contributed by atoms with van der Waals surface area (Å²) in [6.45, 7) is -0.427. The van der Waals surface area contributed by atoms with Crippen LogP contribution in [0.1, 0.15) is 25.7 Å². The molecule has 2 aliphatic rings. The van der Waals surface area contributed by atoms with Crippen LogP contribution in [0.2, 0.25) is 0 Å². The highest BCUT2D eigenvalue weighted by Crippen LogP contribution is 2.32. The molecule has 2 heterocycles. The molecule has 0 radical (unpaired) electrons. The summed E-state index contributed by atoms with van der Waals surface area (Å²) in [4.78, 5) is 25.5. The van der Waals surface area contributed by atoms with Crippen LogP contribution >= 0.6 is 0 Å². The van der Waals surface area contributed by atoms with E-state index in [0.29, 0.717) is 12.5 Å². The maximum Gasteiger partial charge on any atom is 0.408 e. The Hall–Kier alpha value is -2.06. The molecular weight excluding hydrogens is 325 g/mol. The summed E-state index contributed by atoms with van der Waals surface area (Å²) in [5.41, 5.74) is 0.289. The average molecular weight is 344 g/mol. The molecular formula is C15H19F3N4O2. The minimum Gasteiger partial charge on any atom is -0.356 e. The van der Waals surface area contributed by atoms with Crippen molar-refractivity contribution in [3.63, 3.8) is 0 Å². The van der Waals surface area contributed by atoms with Crippen molar-refractivity contribution in [3.05, 3.63) is 12.4 Å². The van der Waals surface area contributed by atoms with Crippen LogP contribution in [-0.2, 0) is 16.1 Å². The van der Waals surface area contributed by atoms with Gasteiger partial charge in [-0.3, -0.25) is 14.3 Å². The molecule has 3 rings (SSSR count). The summed E-state index contributed by atoms with van der Waals surface area (Å²) in [5.74, 6) is -0.202. The Morgan fingerprint density at radius 1 is 1.38 bits per heavy atom. The molecule has 1 aromatic heterocycles. The Morgan fingerprint density at radius 2 is 2.12 bits per heavy atom. The number of hydrogen-bond acceptors (Lipinski definition) is 3. The Bertz CT molecular complexity index is 624. The normalized spacial score (nSPS) is 21.4. The standard InChI is InChI=1S/C15H19F3N4O2/c16-15(17,18)9-21-8-12(6-20-21)22-7-11(5-13(22)23)14(24)19-4-3-10-1-2-10/h6,8,10-11H,1-5,7,9H2,(H,19,24). The number of amides is 2. The molecule has 1 aliphatic carbocycles. The highest BCUT2D eigenvalue weighted by molar-refractivity contribution is 6.00. The predicted octanol–water partition coefficient (Wildman–Crippen LogP) is 1.71. The van der Waals surface area contributed by atoms with E-state index >= 15 is 0 Å². The minimum atomic E-state index is -4.37. The Labute approximate surface area is 137 Å². The molecule has 0 aromatic carbocycles. The monoisotopic (exact) mass is 344 g/mol. The van der Waals surface area contributed by atoms with Crippen LogP contribution in [0.3, 0.4) is 0 Å². The van der Waals surface area contributed by atoms with Gasteiger partial charge in [0.15, 0.2) is 0 Å². The van der Waals surface area contributed by atoms with Crippen LogP contribution in [0.4, 0.5) is 18.9 Å². The zero-order valence-electron chi connectivity index (χ0n) is 13.1. The van der Waals surface area contributed by atoms with E-state index in [1.165, 1.54) is 30.1 Å². The van der Waals surface area contributed by atoms with E-state index in [9.17, 15) is 22.8 Å². The van der Waals surface area contributed by atoms with Gasteiger partial charge in [0.05, 0.1) is 17.8 Å². The number of halogens is 3. The second kappa shape index (κ2) is 6.45. The van der Waals surface area contributed by atoms with Gasteiger partial charge >= 0.3 is 6.18 Å². The second-order valence-corrected chi connectivity index (χ2v) is 6.44. The van der Waals surface area contributed by atoms with Gasteiger partial charge in [-0.1, -0.05) is 12.8 Å². The molecule has 132 valence electrons. The lowest BCUT2D eigenvalue weighted by atomic mass is 10.1. The topological polar surface area (TPSA) is 67.2 Å². The molecule has 1 saturated heterocycles. The molecule has 1 aliphatic heterocycles. The van der Waals surface area contributed by atoms with Gasteiger partial charge in [0.1, 0.15) is 6.54 Å². The van der Waals surface area contributed by atoms with Crippen molar-refractivity contribution in [1.82, 2.24) is 15.1 Å². The van der Waals surface area contributed by atoms with E-state index in [-0.39, 0.29) is 30.5 Å². The molecule has 1 atom stereocenters. The number of nitrogens with zero attached hydrogens (tertiary/aromatic N) is 3. The van der Waals surface area contributed by atoms with Crippen molar-refractivity contribution >= 4 is 17.5 Å². The predicted molar refractivity (Wildman–Crippen MR) is 79.1 cm³/mol. The van der Waals surface area contributed by atoms with Crippen LogP contribution in [0.15, 0.2) is 12.4 Å². The molecule has 1 N–H and O–H groups in total. The summed E-state index contributed by atoms with van der Waals surface area (Å²) >= 11 is 0. The summed E-state index contributed by atoms with van der Waals surface area (Å²) in [7, 11) is 0. The smallest absolute Gasteiger partial charge is 0.356 e. The van der Waals surface area contributed by atoms with Crippen LogP contribution < -0.4 is 10.2 Å². The Balaban J connectivity index is 1.55. The highest BCUT2D eigenvalue weighted by Gasteiger charge is 2.36. The largest absolute Gasteiger partial charge is 0.408 e. The third kappa shape index (κ3) is 4.27. The van der Waals surface area contributed by atoms with Gasteiger partial charge in [-0.2, -0.15) is 18.3 Å². The summed E-state index contributed by atoms with van der Waals surface area (Å²) < 4.78 is 37.8. The molecule has 0 spiro atoms. The lowest BCUT2D eigenvalue weighted by molar-refractivity contribution is -0.142. The van der Waals surface area contributed by atoms with Crippen LogP contribution in [0, 0.1) is 11.8 Å². The zero-order chi connectivity index (χ0) is 17.3. The quantitative estimate of drug-likeness (QED) is 0.854. The number of rotatable bonds is 6. The van der Waals surface area contributed by atoms with Gasteiger partial charge in [0.2, 0.25) is 11.8 Å². The lowest BCUT2D eigenvalue weighted by Gasteiger charge is -2.14. The molecule has 9 heteroatoms. The Kier molecular flexibility index (Phi) is 4.51. The summed E-state index contributed by atoms with van der Waals surface area (Å²) in [6, 6.07) is 0. The van der Waals surface area contributed by atoms with E-state index in [1.807, 2.05) is 0 Å². The molecule has 2 amide bonds. The van der Waals surface area contributed by atoms with E-state index < -0.39 is 18.6 Å². The number of nitrogens with one attached hydrogen (secondary N) is 1. The fraction of sp³-hybridized carbons (Fsp3) is 0.667. The molecule has 1 saturated carbocycles. The third-order valence-electron chi connectivity index (χ3n) is 4.32. The first-order valence-electron chi connectivity index (χ1n) is 7.99. The first-order chi connectivity index (χ1) is 11.3. The fourth-order valence-electron chi connectivity index (χ4n) is 2.85. The van der Waals surface area contributed by atoms with Gasteiger partial charge in [-0.05, 0) is 12.3 Å². The molecule has 0 bridgehead atoms. The first kappa shape index (κ1) is 16.8. The van der Waals surface area contributed by atoms with Crippen molar-refractivity contribution in [2.45, 2.75) is 38.4 Å². The van der Waals surface area contributed by atoms with Gasteiger partial charge in [-0.25, -0.2) is 0 Å². The highest BCUT2D eigenvalue weighted by atomic mass is 19.4. The molecule has 1 aromatic rings. The van der Waals surface area contributed by atoms with Crippen LogP contribution in [-0.4, -0.2) is 40.9 Å². The zero-order valence-corrected chi connectivity index (χ0v) is 13.1. The van der Waals surface area contributed by atoms with Crippen molar-refractivity contribution < 1.29 is 22.8 Å². The number of carbonyl (C=O) groups excluding carboxylic acids is 2. The number of carbonyl (C=O) groups is 2. The van der Waals surface area contributed by atoms with Gasteiger partial charge in [-0.15, -0.1) is 0 Å². The number of alkyl halides is 3. The van der Waals surface area contributed by atoms with E-state index in [0.717, 1.165) is 11.1 Å². The molecule has 1 unspecified atom stereocenters. The number of anilines is 1. The first-order valence-corrected chi connectivity index (χ1v) is 7.99. The van der Waals surface area contributed by atoms with E-state index in [4.69, 9.17) is 0 Å². The van der Waals surface area contributed by atoms with Crippen molar-refractivity contribution in [2.75, 3.05) is 18.0 Å². The van der Waals surface area contributed by atoms with Crippen molar-refractivity contribution in [1.29, 1.82) is 0 Å². The molecule has 6 nitrogen and oxygen atoms in total. The van der Waals surface area contributed by atoms with Crippen molar-refractivity contribution in [3.8, 4) is 0 Å². The molecule has 2 fully saturated rings. The second-order valence-electron chi connectivity index (χ2n) is 6.44. The number of hydrogen-bond donors (Lipinski definition) is 1. The maximum absolute atomic E-state index is 12.4. The van der Waals surface area contributed by atoms with Gasteiger partial charge in [0, 0.05) is 25.7 Å². The van der Waals surface area contributed by atoms with Crippen molar-refractivity contribution in [2.24, 2.45) is 11.8 Å². The van der Waals surface area contributed by atoms with Gasteiger partial charge in [0.25, 0.3) is 0 Å². The third-order valence-corrected chi connectivity index (χ3v) is 4.32. The lowest BCUT2D eigenvalue weighted by Crippen LogP contribution is -2.33. The summed E-state index contributed by atoms with van der Waals surface area (Å²) in [6.07, 6.45) is 1.49. The van der Waals surface area contributed by atoms with Crippen LogP contribution in [0.25, 0.3) is 0 Å². The SMILES string of the molecule is O=C(NCCC1CC1)C1CC(=O)N(c2cnn(CC(F)(F)F)c2)C1. The summed E-state index contributed by atoms with van der Waals surface area (Å²) in [5, 5.41) is 6.47. The molecule has 24 heavy (non-hydrogen) atoms. The van der Waals surface area contributed by atoms with E-state index in [1.54, 1.807) is 0 Å². The van der Waals surface area contributed by atoms with Crippen LogP contribution in [0.5, 0.6) is 0 Å². The maximum atomic E-state index is 12.4. The van der Waals surface area contributed by atoms with Gasteiger partial charge < -0.3 is 10.2 Å². The minimum absolute atomic E-state index is 0.0692. The Morgan fingerprint density at radius 3 is 2.79 bits per heavy atom. The fourth-order valence-corrected chi connectivity index (χ4v) is 2.85. The number of aromatic nitrogens is 2. The average Bonchev–Trinajstić information content (AvgIpc) is 3.05.